The van der Waals surface area contributed by atoms with Gasteiger partial charge in [0, 0.05) is 11.8 Å². The van der Waals surface area contributed by atoms with Crippen LogP contribution in [-0.2, 0) is 0 Å². The minimum atomic E-state index is -1.30. The monoisotopic (exact) mass is 288 g/mol. The highest BCUT2D eigenvalue weighted by Crippen LogP contribution is 2.27. The molecule has 1 heterocycles. The number of aromatic carboxylic acids is 1. The van der Waals surface area contributed by atoms with E-state index in [4.69, 9.17) is 5.11 Å². The molecule has 0 aliphatic carbocycles. The summed E-state index contributed by atoms with van der Waals surface area (Å²) in [6, 6.07) is 5.36. The average molecular weight is 288 g/mol. The number of aromatic amines is 1. The number of ketones is 1. The number of nitrogens with one attached hydrogen (secondary N) is 2. The number of carbonyl (C=O) groups is 3. The fourth-order valence-electron chi connectivity index (χ4n) is 1.74. The molecule has 0 bridgehead atoms. The van der Waals surface area contributed by atoms with E-state index in [9.17, 15) is 19.5 Å². The van der Waals surface area contributed by atoms with Crippen molar-refractivity contribution >= 4 is 23.3 Å². The molecule has 4 N–H and O–H groups in total. The zero-order chi connectivity index (χ0) is 15.6. The van der Waals surface area contributed by atoms with Gasteiger partial charge in [0.1, 0.15) is 11.3 Å². The van der Waals surface area contributed by atoms with Crippen LogP contribution in [0.25, 0.3) is 0 Å². The molecule has 1 aromatic carbocycles. The molecule has 7 heteroatoms. The van der Waals surface area contributed by atoms with Crippen molar-refractivity contribution in [3.8, 4) is 5.75 Å². The maximum atomic E-state index is 12.0. The molecule has 1 amide bonds. The molecule has 0 saturated carbocycles. The maximum Gasteiger partial charge on any atom is 0.339 e. The number of H-pyrrole nitrogens is 1. The van der Waals surface area contributed by atoms with Crippen LogP contribution >= 0.6 is 0 Å². The molecular weight excluding hydrogens is 276 g/mol. The van der Waals surface area contributed by atoms with Crippen LogP contribution in [0, 0.1) is 0 Å². The summed E-state index contributed by atoms with van der Waals surface area (Å²) in [7, 11) is 0. The van der Waals surface area contributed by atoms with Crippen LogP contribution in [0.1, 0.15) is 38.1 Å². The van der Waals surface area contributed by atoms with Crippen molar-refractivity contribution in [3.63, 3.8) is 0 Å². The number of hydrogen-bond acceptors (Lipinski definition) is 4. The van der Waals surface area contributed by atoms with Crippen LogP contribution in [0.5, 0.6) is 5.75 Å². The smallest absolute Gasteiger partial charge is 0.339 e. The predicted molar refractivity (Wildman–Crippen MR) is 73.8 cm³/mol. The van der Waals surface area contributed by atoms with Crippen LogP contribution < -0.4 is 5.32 Å². The Morgan fingerprint density at radius 3 is 2.52 bits per heavy atom. The number of carboxylic acid groups (broad SMARTS) is 1. The van der Waals surface area contributed by atoms with Gasteiger partial charge in [-0.05, 0) is 25.1 Å². The van der Waals surface area contributed by atoms with E-state index in [0.717, 1.165) is 0 Å². The van der Waals surface area contributed by atoms with Crippen molar-refractivity contribution in [3.05, 3.63) is 47.3 Å². The second kappa shape index (κ2) is 5.49. The molecule has 21 heavy (non-hydrogen) atoms. The molecule has 0 spiro atoms. The first-order valence-electron chi connectivity index (χ1n) is 5.96. The lowest BCUT2D eigenvalue weighted by atomic mass is 10.1. The molecular formula is C14H12N2O5. The van der Waals surface area contributed by atoms with Crippen LogP contribution in [0.2, 0.25) is 0 Å². The van der Waals surface area contributed by atoms with E-state index >= 15 is 0 Å². The number of para-hydroxylation sites is 1. The molecule has 108 valence electrons. The van der Waals surface area contributed by atoms with E-state index < -0.39 is 17.6 Å². The quantitative estimate of drug-likeness (QED) is 0.505. The van der Waals surface area contributed by atoms with Gasteiger partial charge in [-0.1, -0.05) is 6.07 Å². The summed E-state index contributed by atoms with van der Waals surface area (Å²) < 4.78 is 0. The number of anilines is 1. The van der Waals surface area contributed by atoms with Gasteiger partial charge in [0.05, 0.1) is 5.69 Å². The highest BCUT2D eigenvalue weighted by molar-refractivity contribution is 6.06. The van der Waals surface area contributed by atoms with Gasteiger partial charge in [0.25, 0.3) is 5.91 Å². The topological polar surface area (TPSA) is 119 Å². The molecule has 7 nitrogen and oxygen atoms in total. The van der Waals surface area contributed by atoms with E-state index in [2.05, 4.69) is 10.3 Å². The van der Waals surface area contributed by atoms with Gasteiger partial charge in [-0.3, -0.25) is 9.59 Å². The van der Waals surface area contributed by atoms with Crippen molar-refractivity contribution in [1.29, 1.82) is 0 Å². The van der Waals surface area contributed by atoms with Gasteiger partial charge in [-0.2, -0.15) is 0 Å². The normalized spacial score (nSPS) is 10.1. The van der Waals surface area contributed by atoms with E-state index in [1.165, 1.54) is 37.4 Å². The number of amides is 1. The average Bonchev–Trinajstić information content (AvgIpc) is 2.90. The Balaban J connectivity index is 2.25. The molecule has 2 aromatic rings. The van der Waals surface area contributed by atoms with Gasteiger partial charge in [0.2, 0.25) is 0 Å². The van der Waals surface area contributed by atoms with Gasteiger partial charge in [0.15, 0.2) is 11.5 Å². The number of Topliss-reactive ketones (excluding diaryl/α,β-unsaturated/α-hetero) is 1. The van der Waals surface area contributed by atoms with Crippen molar-refractivity contribution in [2.45, 2.75) is 6.92 Å². The summed E-state index contributed by atoms with van der Waals surface area (Å²) in [5, 5.41) is 21.1. The Morgan fingerprint density at radius 2 is 1.95 bits per heavy atom. The van der Waals surface area contributed by atoms with Gasteiger partial charge >= 0.3 is 5.97 Å². The Labute approximate surface area is 119 Å². The molecule has 0 aliphatic rings. The first-order chi connectivity index (χ1) is 9.90. The first-order valence-corrected chi connectivity index (χ1v) is 5.96. The molecule has 0 fully saturated rings. The van der Waals surface area contributed by atoms with Crippen molar-refractivity contribution in [2.75, 3.05) is 5.32 Å². The largest absolute Gasteiger partial charge is 0.505 e. The van der Waals surface area contributed by atoms with Crippen LogP contribution in [-0.4, -0.2) is 32.9 Å². The lowest BCUT2D eigenvalue weighted by Gasteiger charge is -2.08. The van der Waals surface area contributed by atoms with E-state index in [1.807, 2.05) is 0 Å². The second-order valence-corrected chi connectivity index (χ2v) is 4.32. The molecule has 0 unspecified atom stereocenters. The van der Waals surface area contributed by atoms with Crippen LogP contribution in [0.4, 0.5) is 5.69 Å². The summed E-state index contributed by atoms with van der Waals surface area (Å²) in [6.45, 7) is 1.37. The zero-order valence-electron chi connectivity index (χ0n) is 11.0. The summed E-state index contributed by atoms with van der Waals surface area (Å²) in [6.07, 6.45) is 1.39. The van der Waals surface area contributed by atoms with E-state index in [0.29, 0.717) is 5.56 Å². The minimum Gasteiger partial charge on any atom is -0.505 e. The number of hydrogen-bond donors (Lipinski definition) is 4. The summed E-state index contributed by atoms with van der Waals surface area (Å²) in [5.41, 5.74) is 0.131. The highest BCUT2D eigenvalue weighted by atomic mass is 16.4. The molecule has 2 rings (SSSR count). The van der Waals surface area contributed by atoms with Gasteiger partial charge < -0.3 is 20.5 Å². The Kier molecular flexibility index (Phi) is 3.75. The SMILES string of the molecule is CC(=O)c1c[nH]c(C(=O)Nc2cccc(C(=O)O)c2O)c1. The number of carbonyl (C=O) groups excluding carboxylic acids is 2. The minimum absolute atomic E-state index is 0.0288. The van der Waals surface area contributed by atoms with Crippen LogP contribution in [0.15, 0.2) is 30.5 Å². The summed E-state index contributed by atoms with van der Waals surface area (Å²) >= 11 is 0. The standard InChI is InChI=1S/C14H12N2O5/c1-7(17)8-5-11(15-6-8)13(19)16-10-4-2-3-9(12(10)18)14(20)21/h2-6,15,18H,1H3,(H,16,19)(H,20,21). The summed E-state index contributed by atoms with van der Waals surface area (Å²) in [5.74, 6) is -2.62. The lowest BCUT2D eigenvalue weighted by Crippen LogP contribution is -2.13. The maximum absolute atomic E-state index is 12.0. The third-order valence-corrected chi connectivity index (χ3v) is 2.85. The lowest BCUT2D eigenvalue weighted by molar-refractivity contribution is 0.0693. The Morgan fingerprint density at radius 1 is 1.24 bits per heavy atom. The predicted octanol–water partition coefficient (Wildman–Crippen LogP) is 1.87. The van der Waals surface area contributed by atoms with Crippen molar-refractivity contribution < 1.29 is 24.6 Å². The number of carboxylic acids is 1. The molecule has 0 atom stereocenters. The molecule has 1 aromatic heterocycles. The Bertz CT molecular complexity index is 733. The van der Waals surface area contributed by atoms with Crippen molar-refractivity contribution in [2.24, 2.45) is 0 Å². The van der Waals surface area contributed by atoms with Crippen LogP contribution in [0.3, 0.4) is 0 Å². The number of phenols is 1. The zero-order valence-corrected chi connectivity index (χ0v) is 11.0. The van der Waals surface area contributed by atoms with E-state index in [-0.39, 0.29) is 22.7 Å². The fourth-order valence-corrected chi connectivity index (χ4v) is 1.74. The fraction of sp³-hybridized carbons (Fsp3) is 0.0714. The van der Waals surface area contributed by atoms with Gasteiger partial charge in [-0.25, -0.2) is 4.79 Å². The number of rotatable bonds is 4. The third-order valence-electron chi connectivity index (χ3n) is 2.85. The third kappa shape index (κ3) is 2.92. The van der Waals surface area contributed by atoms with E-state index in [1.54, 1.807) is 0 Å². The molecule has 0 aliphatic heterocycles. The number of benzene rings is 1. The highest BCUT2D eigenvalue weighted by Gasteiger charge is 2.16. The number of aromatic hydroxyl groups is 1. The van der Waals surface area contributed by atoms with Gasteiger partial charge in [-0.15, -0.1) is 0 Å². The number of aromatic nitrogens is 1. The van der Waals surface area contributed by atoms with Crippen molar-refractivity contribution in [1.82, 2.24) is 4.98 Å². The summed E-state index contributed by atoms with van der Waals surface area (Å²) in [4.78, 5) is 36.7. The second-order valence-electron chi connectivity index (χ2n) is 4.32. The molecule has 0 saturated heterocycles. The Hall–Kier alpha value is -3.09. The first kappa shape index (κ1) is 14.3. The molecule has 0 radical (unpaired) electrons.